The molecule has 0 saturated heterocycles. The second-order valence-corrected chi connectivity index (χ2v) is 10.0. The number of aromatic nitrogens is 1. The van der Waals surface area contributed by atoms with Crippen LogP contribution >= 0.6 is 34.5 Å². The second-order valence-electron chi connectivity index (χ2n) is 8.20. The maximum Gasteiger partial charge on any atom is 0.291 e. The Balaban J connectivity index is 1.48. The van der Waals surface area contributed by atoms with Gasteiger partial charge in [0, 0.05) is 10.4 Å². The number of nitrogens with one attached hydrogen (secondary N) is 1. The van der Waals surface area contributed by atoms with Crippen LogP contribution < -0.4 is 15.8 Å². The maximum absolute atomic E-state index is 13.6. The number of anilines is 1. The SMILES string of the molecule is NC(=O)c1sc2nc(C(F)F)cc(-c3ccccc3)c2c1NC(=O)c1ccc(COc2ccc(Cl)cc2Cl)o1. The number of primary amides is 1. The number of alkyl halides is 2. The molecule has 2 amide bonds. The predicted molar refractivity (Wildman–Crippen MR) is 146 cm³/mol. The normalized spacial score (nSPS) is 11.2. The standard InChI is InChI=1S/C27H17Cl2F2N3O4S/c28-14-6-8-19(17(29)10-14)37-12-15-7-9-20(38-15)26(36)34-22-21-16(13-4-2-1-3-5-13)11-18(24(30)31)33-27(21)39-23(22)25(32)35/h1-11,24H,12H2,(H2,32,35)(H,34,36). The molecule has 7 nitrogen and oxygen atoms in total. The van der Waals surface area contributed by atoms with E-state index in [4.69, 9.17) is 38.1 Å². The van der Waals surface area contributed by atoms with Crippen LogP contribution in [0.3, 0.4) is 0 Å². The quantitative estimate of drug-likeness (QED) is 0.193. The third-order valence-electron chi connectivity index (χ3n) is 5.60. The van der Waals surface area contributed by atoms with Crippen LogP contribution in [0.4, 0.5) is 14.5 Å². The minimum atomic E-state index is -2.85. The number of carbonyl (C=O) groups is 2. The van der Waals surface area contributed by atoms with Crippen LogP contribution in [-0.4, -0.2) is 16.8 Å². The van der Waals surface area contributed by atoms with Gasteiger partial charge in [-0.15, -0.1) is 11.3 Å². The first-order chi connectivity index (χ1) is 18.7. The lowest BCUT2D eigenvalue weighted by Crippen LogP contribution is -2.16. The van der Waals surface area contributed by atoms with E-state index in [-0.39, 0.29) is 27.8 Å². The minimum Gasteiger partial charge on any atom is -0.484 e. The molecule has 5 rings (SSSR count). The van der Waals surface area contributed by atoms with Crippen molar-refractivity contribution in [1.29, 1.82) is 0 Å². The van der Waals surface area contributed by atoms with E-state index < -0.39 is 23.9 Å². The second kappa shape index (κ2) is 11.0. The molecule has 0 unspecified atom stereocenters. The van der Waals surface area contributed by atoms with Crippen LogP contribution in [0.5, 0.6) is 5.75 Å². The van der Waals surface area contributed by atoms with Crippen molar-refractivity contribution >= 4 is 62.3 Å². The van der Waals surface area contributed by atoms with Gasteiger partial charge in [0.1, 0.15) is 33.5 Å². The Bertz CT molecular complexity index is 1710. The molecule has 0 bridgehead atoms. The number of carbonyl (C=O) groups excluding carboxylic acids is 2. The summed E-state index contributed by atoms with van der Waals surface area (Å²) >= 11 is 12.8. The number of benzene rings is 2. The summed E-state index contributed by atoms with van der Waals surface area (Å²) in [7, 11) is 0. The van der Waals surface area contributed by atoms with Gasteiger partial charge in [-0.3, -0.25) is 9.59 Å². The Kier molecular flexibility index (Phi) is 7.51. The van der Waals surface area contributed by atoms with Crippen molar-refractivity contribution in [3.63, 3.8) is 0 Å². The maximum atomic E-state index is 13.6. The lowest BCUT2D eigenvalue weighted by Gasteiger charge is -2.10. The highest BCUT2D eigenvalue weighted by Crippen LogP contribution is 2.42. The Morgan fingerprint density at radius 1 is 1.08 bits per heavy atom. The molecule has 0 aliphatic carbocycles. The fourth-order valence-corrected chi connectivity index (χ4v) is 5.34. The van der Waals surface area contributed by atoms with E-state index in [0.717, 1.165) is 11.3 Å². The zero-order valence-corrected chi connectivity index (χ0v) is 22.0. The zero-order chi connectivity index (χ0) is 27.7. The third-order valence-corrected chi connectivity index (χ3v) is 7.23. The van der Waals surface area contributed by atoms with E-state index in [1.165, 1.54) is 18.2 Å². The number of nitrogens with two attached hydrogens (primary N) is 1. The smallest absolute Gasteiger partial charge is 0.291 e. The molecular weight excluding hydrogens is 571 g/mol. The third kappa shape index (κ3) is 5.58. The summed E-state index contributed by atoms with van der Waals surface area (Å²) in [5.41, 5.74) is 6.13. The molecule has 0 saturated carbocycles. The number of pyridine rings is 1. The molecule has 5 aromatic rings. The topological polar surface area (TPSA) is 107 Å². The summed E-state index contributed by atoms with van der Waals surface area (Å²) < 4.78 is 38.6. The summed E-state index contributed by atoms with van der Waals surface area (Å²) in [6, 6.07) is 17.7. The highest BCUT2D eigenvalue weighted by molar-refractivity contribution is 7.21. The van der Waals surface area contributed by atoms with Crippen LogP contribution in [0.2, 0.25) is 10.0 Å². The summed E-state index contributed by atoms with van der Waals surface area (Å²) in [6.45, 7) is -0.0268. The summed E-state index contributed by atoms with van der Waals surface area (Å²) in [5, 5.41) is 3.74. The van der Waals surface area contributed by atoms with Gasteiger partial charge in [-0.2, -0.15) is 0 Å². The van der Waals surface area contributed by atoms with Gasteiger partial charge in [-0.1, -0.05) is 53.5 Å². The molecule has 39 heavy (non-hydrogen) atoms. The van der Waals surface area contributed by atoms with Gasteiger partial charge in [0.25, 0.3) is 18.2 Å². The molecule has 198 valence electrons. The largest absolute Gasteiger partial charge is 0.484 e. The van der Waals surface area contributed by atoms with Crippen LogP contribution in [0.1, 0.15) is 38.1 Å². The van der Waals surface area contributed by atoms with Gasteiger partial charge in [-0.25, -0.2) is 13.8 Å². The Morgan fingerprint density at radius 2 is 1.85 bits per heavy atom. The lowest BCUT2D eigenvalue weighted by molar-refractivity contribution is 0.0992. The van der Waals surface area contributed by atoms with Gasteiger partial charge in [-0.05, 0) is 47.5 Å². The summed E-state index contributed by atoms with van der Waals surface area (Å²) in [6.07, 6.45) is -2.85. The number of hydrogen-bond donors (Lipinski definition) is 2. The average Bonchev–Trinajstić information content (AvgIpc) is 3.53. The number of ether oxygens (including phenoxy) is 1. The van der Waals surface area contributed by atoms with Crippen molar-refractivity contribution in [2.45, 2.75) is 13.0 Å². The molecule has 0 radical (unpaired) electrons. The van der Waals surface area contributed by atoms with Crippen molar-refractivity contribution in [2.24, 2.45) is 5.73 Å². The fraction of sp³-hybridized carbons (Fsp3) is 0.0741. The van der Waals surface area contributed by atoms with Gasteiger partial charge in [0.15, 0.2) is 5.76 Å². The summed E-state index contributed by atoms with van der Waals surface area (Å²) in [5.74, 6) is -0.915. The molecule has 0 aliphatic rings. The van der Waals surface area contributed by atoms with Crippen molar-refractivity contribution in [2.75, 3.05) is 5.32 Å². The van der Waals surface area contributed by atoms with E-state index in [1.54, 1.807) is 48.5 Å². The highest BCUT2D eigenvalue weighted by atomic mass is 35.5. The van der Waals surface area contributed by atoms with Crippen LogP contribution in [-0.2, 0) is 6.61 Å². The van der Waals surface area contributed by atoms with Gasteiger partial charge < -0.3 is 20.2 Å². The molecule has 0 atom stereocenters. The Labute approximate surface area is 234 Å². The number of halogens is 4. The van der Waals surface area contributed by atoms with Crippen molar-refractivity contribution in [3.05, 3.63) is 98.9 Å². The number of amides is 2. The molecule has 3 N–H and O–H groups in total. The average molecular weight is 588 g/mol. The molecule has 0 fully saturated rings. The van der Waals surface area contributed by atoms with E-state index in [1.807, 2.05) is 0 Å². The molecule has 2 aromatic carbocycles. The molecular formula is C27H17Cl2F2N3O4S. The zero-order valence-electron chi connectivity index (χ0n) is 19.7. The number of furan rings is 1. The van der Waals surface area contributed by atoms with Crippen LogP contribution in [0.25, 0.3) is 21.3 Å². The molecule has 3 heterocycles. The number of rotatable bonds is 8. The van der Waals surface area contributed by atoms with Crippen molar-refractivity contribution in [1.82, 2.24) is 4.98 Å². The summed E-state index contributed by atoms with van der Waals surface area (Å²) in [4.78, 5) is 29.6. The van der Waals surface area contributed by atoms with E-state index in [2.05, 4.69) is 10.3 Å². The first-order valence-corrected chi connectivity index (χ1v) is 12.9. The van der Waals surface area contributed by atoms with Crippen LogP contribution in [0.15, 0.2) is 71.1 Å². The minimum absolute atomic E-state index is 0.0268. The van der Waals surface area contributed by atoms with E-state index in [9.17, 15) is 18.4 Å². The Hall–Kier alpha value is -3.99. The van der Waals surface area contributed by atoms with Crippen LogP contribution in [0, 0.1) is 0 Å². The van der Waals surface area contributed by atoms with Crippen molar-refractivity contribution < 1.29 is 27.5 Å². The number of nitrogens with zero attached hydrogens (tertiary/aromatic N) is 1. The first kappa shape index (κ1) is 26.6. The van der Waals surface area contributed by atoms with E-state index >= 15 is 0 Å². The Morgan fingerprint density at radius 3 is 2.54 bits per heavy atom. The van der Waals surface area contributed by atoms with Gasteiger partial charge in [0.2, 0.25) is 0 Å². The monoisotopic (exact) mass is 587 g/mol. The first-order valence-electron chi connectivity index (χ1n) is 11.3. The number of hydrogen-bond acceptors (Lipinski definition) is 6. The van der Waals surface area contributed by atoms with E-state index in [0.29, 0.717) is 38.1 Å². The van der Waals surface area contributed by atoms with Gasteiger partial charge >= 0.3 is 0 Å². The molecule has 12 heteroatoms. The molecule has 0 aliphatic heterocycles. The highest BCUT2D eigenvalue weighted by Gasteiger charge is 2.26. The molecule has 0 spiro atoms. The van der Waals surface area contributed by atoms with Gasteiger partial charge in [0.05, 0.1) is 10.7 Å². The predicted octanol–water partition coefficient (Wildman–Crippen LogP) is 7.73. The molecule has 3 aromatic heterocycles. The van der Waals surface area contributed by atoms with Crippen molar-refractivity contribution in [3.8, 4) is 16.9 Å². The fourth-order valence-electron chi connectivity index (χ4n) is 3.86. The number of thiophene rings is 1. The lowest BCUT2D eigenvalue weighted by atomic mass is 10.0. The number of fused-ring (bicyclic) bond motifs is 1.